The van der Waals surface area contributed by atoms with Gasteiger partial charge in [0.25, 0.3) is 5.91 Å². The van der Waals surface area contributed by atoms with Crippen molar-refractivity contribution in [3.8, 4) is 11.1 Å². The number of carbonyl (C=O) groups excluding carboxylic acids is 1. The first-order chi connectivity index (χ1) is 10.7. The average Bonchev–Trinajstić information content (AvgIpc) is 2.58. The lowest BCUT2D eigenvalue weighted by molar-refractivity contribution is -0.128. The third kappa shape index (κ3) is 3.32. The Hall–Kier alpha value is -2.24. The smallest absolute Gasteiger partial charge is 0.254 e. The summed E-state index contributed by atoms with van der Waals surface area (Å²) in [7, 11) is 0. The van der Waals surface area contributed by atoms with E-state index in [2.05, 4.69) is 15.6 Å². The number of nitrogens with one attached hydrogen (secondary N) is 2. The van der Waals surface area contributed by atoms with Crippen LogP contribution in [-0.4, -0.2) is 36.7 Å². The molecule has 1 saturated heterocycles. The summed E-state index contributed by atoms with van der Waals surface area (Å²) >= 11 is 0. The van der Waals surface area contributed by atoms with E-state index in [1.54, 1.807) is 12.4 Å². The molecule has 22 heavy (non-hydrogen) atoms. The fourth-order valence-corrected chi connectivity index (χ4v) is 2.43. The van der Waals surface area contributed by atoms with Crippen LogP contribution in [0.2, 0.25) is 0 Å². The van der Waals surface area contributed by atoms with E-state index in [9.17, 15) is 4.79 Å². The van der Waals surface area contributed by atoms with Gasteiger partial charge in [-0.05, 0) is 41.8 Å². The molecule has 0 radical (unpaired) electrons. The second-order valence-corrected chi connectivity index (χ2v) is 5.32. The zero-order valence-electron chi connectivity index (χ0n) is 12.5. The summed E-state index contributed by atoms with van der Waals surface area (Å²) in [6.45, 7) is 3.88. The molecule has 1 atom stereocenters. The Morgan fingerprint density at radius 1 is 1.27 bits per heavy atom. The molecule has 5 nitrogen and oxygen atoms in total. The summed E-state index contributed by atoms with van der Waals surface area (Å²) in [6.07, 6.45) is 3.09. The van der Waals surface area contributed by atoms with E-state index in [0.717, 1.165) is 28.9 Å². The van der Waals surface area contributed by atoms with Gasteiger partial charge >= 0.3 is 0 Å². The van der Waals surface area contributed by atoms with Gasteiger partial charge in [0.05, 0.1) is 6.61 Å². The van der Waals surface area contributed by atoms with Crippen molar-refractivity contribution < 1.29 is 9.53 Å². The number of morpholine rings is 1. The Kier molecular flexibility index (Phi) is 4.46. The minimum Gasteiger partial charge on any atom is -0.366 e. The lowest BCUT2D eigenvalue weighted by atomic mass is 10.0. The summed E-state index contributed by atoms with van der Waals surface area (Å²) < 4.78 is 5.48. The maximum absolute atomic E-state index is 12.3. The van der Waals surface area contributed by atoms with Crippen LogP contribution in [0.3, 0.4) is 0 Å². The predicted octanol–water partition coefficient (Wildman–Crippen LogP) is 1.98. The second kappa shape index (κ2) is 6.68. The van der Waals surface area contributed by atoms with Crippen molar-refractivity contribution >= 4 is 11.6 Å². The molecule has 1 amide bonds. The summed E-state index contributed by atoms with van der Waals surface area (Å²) in [4.78, 5) is 16.3. The van der Waals surface area contributed by atoms with E-state index in [1.165, 1.54) is 0 Å². The highest BCUT2D eigenvalue weighted by Gasteiger charge is 2.22. The number of rotatable bonds is 3. The Morgan fingerprint density at radius 2 is 2.09 bits per heavy atom. The number of hydrogen-bond acceptors (Lipinski definition) is 4. The lowest BCUT2D eigenvalue weighted by Gasteiger charge is -2.23. The van der Waals surface area contributed by atoms with Crippen LogP contribution >= 0.6 is 0 Å². The summed E-state index contributed by atoms with van der Waals surface area (Å²) in [5.41, 5.74) is 3.95. The summed E-state index contributed by atoms with van der Waals surface area (Å²) in [5, 5.41) is 6.13. The van der Waals surface area contributed by atoms with Gasteiger partial charge in [0.2, 0.25) is 0 Å². The fraction of sp³-hybridized carbons (Fsp3) is 0.294. The highest BCUT2D eigenvalue weighted by Crippen LogP contribution is 2.25. The molecule has 2 heterocycles. The zero-order chi connectivity index (χ0) is 15.4. The third-order valence-corrected chi connectivity index (χ3v) is 3.73. The minimum atomic E-state index is -0.433. The first kappa shape index (κ1) is 14.7. The molecule has 0 saturated carbocycles. The number of pyridine rings is 1. The van der Waals surface area contributed by atoms with Crippen LogP contribution in [0.5, 0.6) is 0 Å². The van der Waals surface area contributed by atoms with Gasteiger partial charge in [-0.2, -0.15) is 0 Å². The van der Waals surface area contributed by atoms with Crippen LogP contribution in [0.15, 0.2) is 42.7 Å². The number of anilines is 1. The molecule has 3 rings (SSSR count). The van der Waals surface area contributed by atoms with Crippen LogP contribution in [0.25, 0.3) is 11.1 Å². The van der Waals surface area contributed by atoms with E-state index < -0.39 is 6.10 Å². The number of ether oxygens (including phenoxy) is 1. The van der Waals surface area contributed by atoms with Crippen molar-refractivity contribution in [1.29, 1.82) is 0 Å². The summed E-state index contributed by atoms with van der Waals surface area (Å²) in [5.74, 6) is -0.109. The predicted molar refractivity (Wildman–Crippen MR) is 85.6 cm³/mol. The molecule has 1 aromatic heterocycles. The molecule has 1 aromatic carbocycles. The Balaban J connectivity index is 1.79. The number of nitrogens with zero attached hydrogens (tertiary/aromatic N) is 1. The van der Waals surface area contributed by atoms with Gasteiger partial charge in [-0.1, -0.05) is 12.1 Å². The first-order valence-electron chi connectivity index (χ1n) is 7.38. The number of amides is 1. The van der Waals surface area contributed by atoms with Gasteiger partial charge < -0.3 is 15.4 Å². The molecule has 1 aliphatic heterocycles. The second-order valence-electron chi connectivity index (χ2n) is 5.32. The Bertz CT molecular complexity index is 652. The van der Waals surface area contributed by atoms with Gasteiger partial charge in [0, 0.05) is 31.2 Å². The standard InChI is InChI=1S/C17H19N3O2/c1-12-2-3-14(13-4-6-18-7-5-13)10-15(12)20-17(21)16-11-19-8-9-22-16/h2-7,10,16,19H,8-9,11H2,1H3,(H,20,21). The highest BCUT2D eigenvalue weighted by atomic mass is 16.5. The molecule has 1 aliphatic rings. The monoisotopic (exact) mass is 297 g/mol. The Morgan fingerprint density at radius 3 is 2.82 bits per heavy atom. The van der Waals surface area contributed by atoms with Gasteiger partial charge in [-0.25, -0.2) is 0 Å². The molecule has 0 aliphatic carbocycles. The van der Waals surface area contributed by atoms with Crippen molar-refractivity contribution in [2.45, 2.75) is 13.0 Å². The average molecular weight is 297 g/mol. The van der Waals surface area contributed by atoms with Crippen molar-refractivity contribution in [3.63, 3.8) is 0 Å². The topological polar surface area (TPSA) is 63.2 Å². The molecule has 5 heteroatoms. The van der Waals surface area contributed by atoms with Crippen LogP contribution in [0, 0.1) is 6.92 Å². The molecule has 2 N–H and O–H groups in total. The molecule has 114 valence electrons. The van der Waals surface area contributed by atoms with Crippen LogP contribution in [0.1, 0.15) is 5.56 Å². The maximum atomic E-state index is 12.3. The van der Waals surface area contributed by atoms with Crippen molar-refractivity contribution in [2.75, 3.05) is 25.0 Å². The van der Waals surface area contributed by atoms with E-state index in [-0.39, 0.29) is 5.91 Å². The van der Waals surface area contributed by atoms with Crippen molar-refractivity contribution in [1.82, 2.24) is 10.3 Å². The van der Waals surface area contributed by atoms with E-state index in [4.69, 9.17) is 4.74 Å². The van der Waals surface area contributed by atoms with Gasteiger partial charge in [-0.15, -0.1) is 0 Å². The third-order valence-electron chi connectivity index (χ3n) is 3.73. The van der Waals surface area contributed by atoms with E-state index in [1.807, 2.05) is 37.3 Å². The lowest BCUT2D eigenvalue weighted by Crippen LogP contribution is -2.45. The van der Waals surface area contributed by atoms with Gasteiger partial charge in [-0.3, -0.25) is 9.78 Å². The molecule has 1 fully saturated rings. The number of carbonyl (C=O) groups is 1. The maximum Gasteiger partial charge on any atom is 0.254 e. The van der Waals surface area contributed by atoms with Crippen molar-refractivity contribution in [3.05, 3.63) is 48.3 Å². The fourth-order valence-electron chi connectivity index (χ4n) is 2.43. The largest absolute Gasteiger partial charge is 0.366 e. The number of aryl methyl sites for hydroxylation is 1. The normalized spacial score (nSPS) is 18.0. The number of benzene rings is 1. The summed E-state index contributed by atoms with van der Waals surface area (Å²) in [6, 6.07) is 9.93. The molecule has 0 spiro atoms. The zero-order valence-corrected chi connectivity index (χ0v) is 12.5. The molecular formula is C17H19N3O2. The van der Waals surface area contributed by atoms with Gasteiger partial charge in [0.15, 0.2) is 0 Å². The van der Waals surface area contributed by atoms with E-state index in [0.29, 0.717) is 13.2 Å². The molecule has 2 aromatic rings. The van der Waals surface area contributed by atoms with E-state index >= 15 is 0 Å². The van der Waals surface area contributed by atoms with Gasteiger partial charge in [0.1, 0.15) is 6.10 Å². The SMILES string of the molecule is Cc1ccc(-c2ccncc2)cc1NC(=O)C1CNCCO1. The Labute approximate surface area is 129 Å². The number of aromatic nitrogens is 1. The van der Waals surface area contributed by atoms with Crippen molar-refractivity contribution in [2.24, 2.45) is 0 Å². The first-order valence-corrected chi connectivity index (χ1v) is 7.38. The highest BCUT2D eigenvalue weighted by molar-refractivity contribution is 5.95. The van der Waals surface area contributed by atoms with Crippen LogP contribution < -0.4 is 10.6 Å². The van der Waals surface area contributed by atoms with Crippen LogP contribution in [-0.2, 0) is 9.53 Å². The molecule has 0 bridgehead atoms. The number of hydrogen-bond donors (Lipinski definition) is 2. The minimum absolute atomic E-state index is 0.109. The van der Waals surface area contributed by atoms with Crippen LogP contribution in [0.4, 0.5) is 5.69 Å². The molecular weight excluding hydrogens is 278 g/mol. The quantitative estimate of drug-likeness (QED) is 0.909. The molecule has 1 unspecified atom stereocenters.